The zero-order valence-electron chi connectivity index (χ0n) is 14.5. The fourth-order valence-corrected chi connectivity index (χ4v) is 3.28. The second-order valence-electron chi connectivity index (χ2n) is 6.95. The highest BCUT2D eigenvalue weighted by Gasteiger charge is 2.91. The second kappa shape index (κ2) is 7.02. The Morgan fingerprint density at radius 2 is 1.17 bits per heavy atom. The molecule has 3 nitrogen and oxygen atoms in total. The van der Waals surface area contributed by atoms with Crippen molar-refractivity contribution in [2.45, 2.75) is 54.7 Å². The van der Waals surface area contributed by atoms with Gasteiger partial charge in [-0.05, 0) is 19.4 Å². The number of carbonyl (C=O) groups is 1. The Kier molecular flexibility index (Phi) is 5.80. The lowest BCUT2D eigenvalue weighted by Crippen LogP contribution is -2.72. The van der Waals surface area contributed by atoms with Crippen LogP contribution in [-0.4, -0.2) is 83.7 Å². The largest absolute Gasteiger partial charge is 0.460 e. The molecule has 2 aliphatic heterocycles. The molecule has 2 saturated heterocycles. The standard InChI is InChI=1S/C14H13F13N2O/c15-9(16,8(30)29-5-4-28-3-1-2-7(28)6-29)10(17,18)11(19,20)12(21,22)13(23,24)14(25,26)27/h7H,1-6H2/t7-/m0/s1. The first kappa shape index (κ1) is 24.8. The van der Waals surface area contributed by atoms with E-state index < -0.39 is 60.8 Å². The topological polar surface area (TPSA) is 23.6 Å². The maximum Gasteiger partial charge on any atom is 0.460 e. The van der Waals surface area contributed by atoms with Crippen LogP contribution in [0.1, 0.15) is 12.8 Å². The van der Waals surface area contributed by atoms with E-state index in [1.54, 1.807) is 4.90 Å². The van der Waals surface area contributed by atoms with Gasteiger partial charge in [-0.2, -0.15) is 57.1 Å². The first-order valence-corrected chi connectivity index (χ1v) is 8.22. The van der Waals surface area contributed by atoms with E-state index in [-0.39, 0.29) is 11.4 Å². The van der Waals surface area contributed by atoms with Gasteiger partial charge in [-0.25, -0.2) is 0 Å². The van der Waals surface area contributed by atoms with E-state index in [0.717, 1.165) is 0 Å². The molecule has 2 aliphatic rings. The van der Waals surface area contributed by atoms with Gasteiger partial charge in [-0.15, -0.1) is 0 Å². The quantitative estimate of drug-likeness (QED) is 0.565. The van der Waals surface area contributed by atoms with E-state index in [1.807, 2.05) is 0 Å². The van der Waals surface area contributed by atoms with Crippen molar-refractivity contribution in [3.8, 4) is 0 Å². The maximum absolute atomic E-state index is 13.9. The minimum Gasteiger partial charge on any atom is -0.334 e. The number of halogens is 13. The predicted molar refractivity (Wildman–Crippen MR) is 72.0 cm³/mol. The Labute approximate surface area is 159 Å². The summed E-state index contributed by atoms with van der Waals surface area (Å²) in [6, 6.07) is -0.608. The SMILES string of the molecule is O=C(N1CCN2CCC[C@H]2C1)C(F)(F)C(F)(F)C(F)(F)C(F)(F)C(F)(F)C(F)(F)F. The molecule has 16 heteroatoms. The van der Waals surface area contributed by atoms with Gasteiger partial charge >= 0.3 is 35.8 Å². The van der Waals surface area contributed by atoms with Crippen LogP contribution in [0.2, 0.25) is 0 Å². The lowest BCUT2D eigenvalue weighted by Gasteiger charge is -2.42. The van der Waals surface area contributed by atoms with Crippen LogP contribution >= 0.6 is 0 Å². The van der Waals surface area contributed by atoms with E-state index >= 15 is 0 Å². The molecular formula is C14H13F13N2O. The number of fused-ring (bicyclic) bond motifs is 1. The number of alkyl halides is 13. The highest BCUT2D eigenvalue weighted by molar-refractivity contribution is 5.85. The van der Waals surface area contributed by atoms with Gasteiger partial charge in [0.25, 0.3) is 5.91 Å². The number of hydrogen-bond donors (Lipinski definition) is 0. The molecule has 0 aromatic rings. The molecule has 0 saturated carbocycles. The van der Waals surface area contributed by atoms with Crippen molar-refractivity contribution in [2.24, 2.45) is 0 Å². The molecule has 30 heavy (non-hydrogen) atoms. The normalized spacial score (nSPS) is 23.0. The zero-order chi connectivity index (χ0) is 23.6. The third kappa shape index (κ3) is 3.28. The van der Waals surface area contributed by atoms with E-state index in [2.05, 4.69) is 0 Å². The zero-order valence-corrected chi connectivity index (χ0v) is 14.5. The van der Waals surface area contributed by atoms with Crippen molar-refractivity contribution < 1.29 is 61.9 Å². The molecule has 0 unspecified atom stereocenters. The summed E-state index contributed by atoms with van der Waals surface area (Å²) in [7, 11) is 0. The van der Waals surface area contributed by atoms with Gasteiger partial charge in [0.2, 0.25) is 0 Å². The van der Waals surface area contributed by atoms with Crippen LogP contribution < -0.4 is 0 Å². The minimum absolute atomic E-state index is 0.0312. The number of nitrogens with zero attached hydrogens (tertiary/aromatic N) is 2. The Bertz CT molecular complexity index is 675. The van der Waals surface area contributed by atoms with Crippen LogP contribution in [0.15, 0.2) is 0 Å². The third-order valence-corrected chi connectivity index (χ3v) is 5.08. The van der Waals surface area contributed by atoms with E-state index in [4.69, 9.17) is 0 Å². The third-order valence-electron chi connectivity index (χ3n) is 5.08. The maximum atomic E-state index is 13.9. The van der Waals surface area contributed by atoms with Gasteiger partial charge < -0.3 is 4.90 Å². The fourth-order valence-electron chi connectivity index (χ4n) is 3.28. The molecule has 2 heterocycles. The molecule has 1 atom stereocenters. The van der Waals surface area contributed by atoms with Crippen molar-refractivity contribution in [1.82, 2.24) is 9.80 Å². The van der Waals surface area contributed by atoms with E-state index in [9.17, 15) is 61.9 Å². The monoisotopic (exact) mass is 472 g/mol. The van der Waals surface area contributed by atoms with Gasteiger partial charge in [0.15, 0.2) is 0 Å². The fraction of sp³-hybridized carbons (Fsp3) is 0.929. The summed E-state index contributed by atoms with van der Waals surface area (Å²) in [5, 5.41) is 0. The van der Waals surface area contributed by atoms with Crippen LogP contribution in [0.3, 0.4) is 0 Å². The number of piperazine rings is 1. The van der Waals surface area contributed by atoms with Crippen molar-refractivity contribution in [1.29, 1.82) is 0 Å². The molecule has 0 aliphatic carbocycles. The van der Waals surface area contributed by atoms with Crippen LogP contribution in [-0.2, 0) is 4.79 Å². The first-order chi connectivity index (χ1) is 13.2. The lowest BCUT2D eigenvalue weighted by molar-refractivity contribution is -0.436. The summed E-state index contributed by atoms with van der Waals surface area (Å²) in [5.74, 6) is -41.1. The highest BCUT2D eigenvalue weighted by atomic mass is 19.4. The molecule has 0 aromatic heterocycles. The van der Waals surface area contributed by atoms with Gasteiger partial charge in [-0.1, -0.05) is 0 Å². The minimum atomic E-state index is -8.00. The molecule has 0 N–H and O–H groups in total. The van der Waals surface area contributed by atoms with Crippen molar-refractivity contribution in [3.05, 3.63) is 0 Å². The van der Waals surface area contributed by atoms with Crippen LogP contribution in [0.25, 0.3) is 0 Å². The van der Waals surface area contributed by atoms with Crippen molar-refractivity contribution in [2.75, 3.05) is 26.2 Å². The molecule has 0 spiro atoms. The van der Waals surface area contributed by atoms with Crippen LogP contribution in [0, 0.1) is 0 Å². The van der Waals surface area contributed by atoms with Gasteiger partial charge in [0, 0.05) is 25.7 Å². The Morgan fingerprint density at radius 1 is 0.667 bits per heavy atom. The average Bonchev–Trinajstić information content (AvgIpc) is 3.06. The molecule has 176 valence electrons. The smallest absolute Gasteiger partial charge is 0.334 e. The first-order valence-electron chi connectivity index (χ1n) is 8.22. The number of amides is 1. The molecule has 1 amide bonds. The molecule has 0 aromatic carbocycles. The Balaban J connectivity index is 2.37. The van der Waals surface area contributed by atoms with Crippen LogP contribution in [0.5, 0.6) is 0 Å². The van der Waals surface area contributed by atoms with E-state index in [1.165, 1.54) is 0 Å². The summed E-state index contributed by atoms with van der Waals surface area (Å²) in [5.41, 5.74) is 0. The Hall–Kier alpha value is -1.48. The van der Waals surface area contributed by atoms with Gasteiger partial charge in [0.1, 0.15) is 0 Å². The molecular weight excluding hydrogens is 459 g/mol. The van der Waals surface area contributed by atoms with Gasteiger partial charge in [-0.3, -0.25) is 9.69 Å². The highest BCUT2D eigenvalue weighted by Crippen LogP contribution is 2.60. The van der Waals surface area contributed by atoms with E-state index in [0.29, 0.717) is 19.4 Å². The second-order valence-corrected chi connectivity index (χ2v) is 6.95. The van der Waals surface area contributed by atoms with Crippen molar-refractivity contribution in [3.63, 3.8) is 0 Å². The molecule has 2 rings (SSSR count). The van der Waals surface area contributed by atoms with Crippen LogP contribution in [0.4, 0.5) is 57.1 Å². The summed E-state index contributed by atoms with van der Waals surface area (Å²) in [6.07, 6.45) is -6.62. The summed E-state index contributed by atoms with van der Waals surface area (Å²) >= 11 is 0. The number of rotatable bonds is 5. The number of carbonyl (C=O) groups excluding carboxylic acids is 1. The summed E-state index contributed by atoms with van der Waals surface area (Å²) in [4.78, 5) is 13.4. The average molecular weight is 472 g/mol. The summed E-state index contributed by atoms with van der Waals surface area (Å²) < 4.78 is 170. The Morgan fingerprint density at radius 3 is 1.67 bits per heavy atom. The lowest BCUT2D eigenvalue weighted by atomic mass is 9.93. The van der Waals surface area contributed by atoms with Crippen molar-refractivity contribution >= 4 is 5.91 Å². The molecule has 0 radical (unpaired) electrons. The number of hydrogen-bond acceptors (Lipinski definition) is 2. The molecule has 2 fully saturated rings. The summed E-state index contributed by atoms with van der Waals surface area (Å²) in [6.45, 7) is -1.03. The van der Waals surface area contributed by atoms with Gasteiger partial charge in [0.05, 0.1) is 0 Å². The molecule has 0 bridgehead atoms. The predicted octanol–water partition coefficient (Wildman–Crippen LogP) is 4.03.